The Hall–Kier alpha value is -2.55. The minimum Gasteiger partial charge on any atom is -0.453 e. The number of aliphatic hydroxyl groups is 1. The van der Waals surface area contributed by atoms with Gasteiger partial charge in [0.1, 0.15) is 12.2 Å². The van der Waals surface area contributed by atoms with Gasteiger partial charge in [0.2, 0.25) is 5.78 Å². The molecule has 0 saturated heterocycles. The van der Waals surface area contributed by atoms with E-state index in [1.165, 1.54) is 19.9 Å². The molecule has 6 nitrogen and oxygen atoms in total. The summed E-state index contributed by atoms with van der Waals surface area (Å²) in [6, 6.07) is 1.35. The summed E-state index contributed by atoms with van der Waals surface area (Å²) in [6.45, 7) is 6.02. The third kappa shape index (κ3) is 4.46. The number of aromatic amines is 1. The first-order valence-corrected chi connectivity index (χ1v) is 8.64. The molecule has 2 rings (SSSR count). The maximum atomic E-state index is 12.7. The Balaban J connectivity index is 2.14. The number of esters is 1. The number of alkyl halides is 3. The van der Waals surface area contributed by atoms with Crippen molar-refractivity contribution in [2.75, 3.05) is 6.61 Å². The molecule has 0 aliphatic carbocycles. The number of ketones is 1. The molecular formula is C19H23F3N2O4. The Kier molecular flexibility index (Phi) is 6.08. The van der Waals surface area contributed by atoms with Crippen LogP contribution in [0.15, 0.2) is 6.07 Å². The van der Waals surface area contributed by atoms with E-state index in [4.69, 9.17) is 4.74 Å². The van der Waals surface area contributed by atoms with Crippen molar-refractivity contribution in [2.45, 2.75) is 53.4 Å². The number of rotatable bonds is 6. The normalized spacial score (nSPS) is 12.9. The first kappa shape index (κ1) is 21.7. The van der Waals surface area contributed by atoms with Crippen LogP contribution < -0.4 is 0 Å². The van der Waals surface area contributed by atoms with Gasteiger partial charge in [-0.15, -0.1) is 0 Å². The van der Waals surface area contributed by atoms with E-state index in [0.717, 1.165) is 4.57 Å². The fraction of sp³-hybridized carbons (Fsp3) is 0.474. The van der Waals surface area contributed by atoms with Gasteiger partial charge in [0, 0.05) is 28.2 Å². The number of nitrogens with one attached hydrogen (secondary N) is 1. The molecule has 0 aliphatic heterocycles. The largest absolute Gasteiger partial charge is 0.453 e. The molecule has 9 heteroatoms. The number of Topliss-reactive ketones (excluding diaryl/α,β-unsaturated/α-hetero) is 1. The van der Waals surface area contributed by atoms with Gasteiger partial charge in [-0.3, -0.25) is 4.79 Å². The summed E-state index contributed by atoms with van der Waals surface area (Å²) in [5, 5.41) is 9.78. The number of aryl methyl sites for hydroxylation is 2. The maximum Gasteiger partial charge on any atom is 0.406 e. The molecule has 0 aliphatic rings. The first-order valence-electron chi connectivity index (χ1n) is 8.64. The summed E-state index contributed by atoms with van der Waals surface area (Å²) in [5.41, 5.74) is 2.38. The fourth-order valence-electron chi connectivity index (χ4n) is 3.38. The molecular weight excluding hydrogens is 377 g/mol. The molecule has 0 amide bonds. The van der Waals surface area contributed by atoms with E-state index in [1.54, 1.807) is 20.8 Å². The number of carbonyl (C=O) groups is 2. The summed E-state index contributed by atoms with van der Waals surface area (Å²) >= 11 is 0. The van der Waals surface area contributed by atoms with Crippen LogP contribution in [0.2, 0.25) is 0 Å². The number of hydrogen-bond acceptors (Lipinski definition) is 4. The van der Waals surface area contributed by atoms with Crippen LogP contribution in [0.5, 0.6) is 0 Å². The van der Waals surface area contributed by atoms with Gasteiger partial charge in [-0.2, -0.15) is 13.2 Å². The molecule has 0 aromatic carbocycles. The summed E-state index contributed by atoms with van der Waals surface area (Å²) in [4.78, 5) is 27.5. The first-order chi connectivity index (χ1) is 12.8. The lowest BCUT2D eigenvalue weighted by atomic mass is 10.1. The van der Waals surface area contributed by atoms with E-state index in [1.807, 2.05) is 0 Å². The second kappa shape index (κ2) is 7.83. The van der Waals surface area contributed by atoms with E-state index >= 15 is 0 Å². The van der Waals surface area contributed by atoms with Gasteiger partial charge in [-0.05, 0) is 46.2 Å². The van der Waals surface area contributed by atoms with E-state index in [2.05, 4.69) is 4.98 Å². The summed E-state index contributed by atoms with van der Waals surface area (Å²) in [7, 11) is 0. The van der Waals surface area contributed by atoms with Crippen LogP contribution >= 0.6 is 0 Å². The van der Waals surface area contributed by atoms with Crippen molar-refractivity contribution in [1.82, 2.24) is 9.55 Å². The minimum atomic E-state index is -4.41. The molecule has 0 radical (unpaired) electrons. The Morgan fingerprint density at radius 3 is 2.36 bits per heavy atom. The zero-order valence-electron chi connectivity index (χ0n) is 16.3. The van der Waals surface area contributed by atoms with Crippen LogP contribution in [0.25, 0.3) is 0 Å². The molecule has 2 aromatic heterocycles. The van der Waals surface area contributed by atoms with Crippen molar-refractivity contribution in [1.29, 1.82) is 0 Å². The molecule has 154 valence electrons. The minimum absolute atomic E-state index is 0.0820. The van der Waals surface area contributed by atoms with Gasteiger partial charge in [-0.1, -0.05) is 0 Å². The smallest absolute Gasteiger partial charge is 0.406 e. The van der Waals surface area contributed by atoms with Crippen LogP contribution in [0, 0.1) is 27.7 Å². The summed E-state index contributed by atoms with van der Waals surface area (Å²) in [6.07, 6.45) is -5.19. The van der Waals surface area contributed by atoms with Crippen LogP contribution in [-0.2, 0) is 11.3 Å². The van der Waals surface area contributed by atoms with E-state index in [0.29, 0.717) is 22.5 Å². The third-order valence-corrected chi connectivity index (χ3v) is 4.66. The Morgan fingerprint density at radius 2 is 1.86 bits per heavy atom. The highest BCUT2D eigenvalue weighted by Gasteiger charge is 2.30. The number of ether oxygens (including phenoxy) is 1. The molecule has 1 atom stereocenters. The Morgan fingerprint density at radius 1 is 1.25 bits per heavy atom. The molecule has 0 saturated carbocycles. The molecule has 28 heavy (non-hydrogen) atoms. The number of carbonyl (C=O) groups excluding carboxylic acids is 2. The van der Waals surface area contributed by atoms with Crippen LogP contribution in [0.4, 0.5) is 13.2 Å². The number of nitrogens with zero attached hydrogens (tertiary/aromatic N) is 1. The fourth-order valence-corrected chi connectivity index (χ4v) is 3.38. The van der Waals surface area contributed by atoms with Gasteiger partial charge in [0.25, 0.3) is 0 Å². The molecule has 0 bridgehead atoms. The quantitative estimate of drug-likeness (QED) is 0.572. The van der Waals surface area contributed by atoms with Gasteiger partial charge >= 0.3 is 12.1 Å². The van der Waals surface area contributed by atoms with Crippen molar-refractivity contribution in [3.05, 3.63) is 45.5 Å². The van der Waals surface area contributed by atoms with Gasteiger partial charge < -0.3 is 19.4 Å². The summed E-state index contributed by atoms with van der Waals surface area (Å²) in [5.74, 6) is -1.36. The zero-order chi connectivity index (χ0) is 21.4. The van der Waals surface area contributed by atoms with E-state index < -0.39 is 37.2 Å². The average Bonchev–Trinajstić information content (AvgIpc) is 3.01. The summed E-state index contributed by atoms with van der Waals surface area (Å²) < 4.78 is 44.1. The molecule has 0 fully saturated rings. The lowest BCUT2D eigenvalue weighted by molar-refractivity contribution is -0.141. The lowest BCUT2D eigenvalue weighted by Gasteiger charge is -2.12. The lowest BCUT2D eigenvalue weighted by Crippen LogP contribution is -2.20. The zero-order valence-corrected chi connectivity index (χ0v) is 16.3. The standard InChI is InChI=1S/C19H23F3N2O4/c1-9-6-14(12(4)24(9)8-19(20,21)22)15(26)7-28-18(27)17-10(2)16(13(5)25)11(3)23-17/h6,13,23,25H,7-8H2,1-5H3/t13-/m1/s1. The topological polar surface area (TPSA) is 84.3 Å². The van der Waals surface area contributed by atoms with E-state index in [-0.39, 0.29) is 17.0 Å². The van der Waals surface area contributed by atoms with Crippen LogP contribution in [0.3, 0.4) is 0 Å². The van der Waals surface area contributed by atoms with Crippen molar-refractivity contribution in [2.24, 2.45) is 0 Å². The second-order valence-electron chi connectivity index (χ2n) is 6.83. The molecule has 2 heterocycles. The number of aliphatic hydroxyl groups excluding tert-OH is 1. The Bertz CT molecular complexity index is 907. The maximum absolute atomic E-state index is 12.7. The van der Waals surface area contributed by atoms with Gasteiger partial charge in [0.05, 0.1) is 6.10 Å². The van der Waals surface area contributed by atoms with Gasteiger partial charge in [0.15, 0.2) is 6.61 Å². The highest BCUT2D eigenvalue weighted by molar-refractivity contribution is 6.00. The van der Waals surface area contributed by atoms with Crippen molar-refractivity contribution >= 4 is 11.8 Å². The number of aromatic nitrogens is 2. The molecule has 0 spiro atoms. The second-order valence-corrected chi connectivity index (χ2v) is 6.83. The van der Waals surface area contributed by atoms with Crippen molar-refractivity contribution in [3.63, 3.8) is 0 Å². The number of halogens is 3. The molecule has 2 N–H and O–H groups in total. The predicted molar refractivity (Wildman–Crippen MR) is 95.5 cm³/mol. The highest BCUT2D eigenvalue weighted by atomic mass is 19.4. The van der Waals surface area contributed by atoms with Crippen molar-refractivity contribution < 1.29 is 32.6 Å². The molecule has 2 aromatic rings. The van der Waals surface area contributed by atoms with Crippen LogP contribution in [-0.4, -0.2) is 39.2 Å². The highest BCUT2D eigenvalue weighted by Crippen LogP contribution is 2.26. The predicted octanol–water partition coefficient (Wildman–Crippen LogP) is 3.71. The number of hydrogen-bond donors (Lipinski definition) is 2. The number of H-pyrrole nitrogens is 1. The SMILES string of the molecule is Cc1[nH]c(C(=O)OCC(=O)c2cc(C)n(CC(F)(F)F)c2C)c(C)c1[C@@H](C)O. The third-order valence-electron chi connectivity index (χ3n) is 4.66. The van der Waals surface area contributed by atoms with Gasteiger partial charge in [-0.25, -0.2) is 4.79 Å². The average molecular weight is 400 g/mol. The Labute approximate surface area is 160 Å². The van der Waals surface area contributed by atoms with E-state index in [9.17, 15) is 27.9 Å². The van der Waals surface area contributed by atoms with Crippen LogP contribution in [0.1, 0.15) is 62.1 Å². The van der Waals surface area contributed by atoms with Crippen molar-refractivity contribution in [3.8, 4) is 0 Å². The monoisotopic (exact) mass is 400 g/mol. The molecule has 0 unspecified atom stereocenters.